The van der Waals surface area contributed by atoms with E-state index in [0.717, 1.165) is 0 Å². The normalized spacial score (nSPS) is 18.7. The van der Waals surface area contributed by atoms with Gasteiger partial charge in [-0.15, -0.1) is 0 Å². The van der Waals surface area contributed by atoms with Crippen LogP contribution in [0.2, 0.25) is 0 Å². The summed E-state index contributed by atoms with van der Waals surface area (Å²) in [6.45, 7) is 0.249. The lowest BCUT2D eigenvalue weighted by atomic mass is 9.68. The van der Waals surface area contributed by atoms with Crippen LogP contribution < -0.4 is 0 Å². The van der Waals surface area contributed by atoms with Crippen molar-refractivity contribution in [3.63, 3.8) is 0 Å². The maximum absolute atomic E-state index is 11.3. The van der Waals surface area contributed by atoms with Gasteiger partial charge in [0.25, 0.3) is 0 Å². The van der Waals surface area contributed by atoms with Gasteiger partial charge in [-0.2, -0.15) is 0 Å². The van der Waals surface area contributed by atoms with Gasteiger partial charge in [0.2, 0.25) is 5.60 Å². The van der Waals surface area contributed by atoms with E-state index in [4.69, 9.17) is 25.5 Å². The van der Waals surface area contributed by atoms with Crippen molar-refractivity contribution in [3.8, 4) is 0 Å². The standard InChI is InChI=1S/C11H14O12/c1-10(22,8(18)19)11(23,9(20)21)5(7(16)17)3(6(14)15)2-4(12)13/h3,5,22-23H,2H2,1H3,(H,12,13)(H,14,15)(H,16,17)(H,18,19)(H,20,21). The first kappa shape index (κ1) is 20.3. The molecule has 4 unspecified atom stereocenters. The van der Waals surface area contributed by atoms with Gasteiger partial charge in [-0.05, 0) is 6.92 Å². The highest BCUT2D eigenvalue weighted by Crippen LogP contribution is 2.37. The summed E-state index contributed by atoms with van der Waals surface area (Å²) < 4.78 is 0. The molecule has 0 rings (SSSR count). The van der Waals surface area contributed by atoms with Crippen molar-refractivity contribution >= 4 is 29.8 Å². The molecule has 7 N–H and O–H groups in total. The molecule has 12 heteroatoms. The minimum atomic E-state index is -4.02. The largest absolute Gasteiger partial charge is 0.481 e. The highest BCUT2D eigenvalue weighted by atomic mass is 16.5. The molecule has 0 aromatic carbocycles. The lowest BCUT2D eigenvalue weighted by Gasteiger charge is -2.40. The van der Waals surface area contributed by atoms with Crippen molar-refractivity contribution in [2.45, 2.75) is 24.5 Å². The number of aliphatic carboxylic acids is 5. The quantitative estimate of drug-likeness (QED) is 0.232. The third kappa shape index (κ3) is 3.54. The first-order valence-electron chi connectivity index (χ1n) is 5.80. The van der Waals surface area contributed by atoms with E-state index in [1.165, 1.54) is 0 Å². The number of carboxylic acids is 5. The fraction of sp³-hybridized carbons (Fsp3) is 0.545. The number of carboxylic acid groups (broad SMARTS) is 5. The minimum absolute atomic E-state index is 0.249. The van der Waals surface area contributed by atoms with Gasteiger partial charge in [0.1, 0.15) is 5.92 Å². The lowest BCUT2D eigenvalue weighted by Crippen LogP contribution is -2.69. The Labute approximate surface area is 127 Å². The second-order valence-corrected chi connectivity index (χ2v) is 4.81. The lowest BCUT2D eigenvalue weighted by molar-refractivity contribution is -0.223. The summed E-state index contributed by atoms with van der Waals surface area (Å²) in [4.78, 5) is 55.2. The van der Waals surface area contributed by atoms with E-state index >= 15 is 0 Å². The maximum atomic E-state index is 11.3. The Balaban J connectivity index is 6.49. The monoisotopic (exact) mass is 338 g/mol. The Morgan fingerprint density at radius 1 is 0.826 bits per heavy atom. The van der Waals surface area contributed by atoms with Gasteiger partial charge in [0, 0.05) is 0 Å². The SMILES string of the molecule is CC(O)(C(=O)O)C(O)(C(=O)O)C(C(=O)O)C(CC(=O)O)C(=O)O. The number of carbonyl (C=O) groups is 5. The summed E-state index contributed by atoms with van der Waals surface area (Å²) in [6.07, 6.45) is -1.43. The van der Waals surface area contributed by atoms with Crippen LogP contribution in [0.1, 0.15) is 13.3 Å². The number of hydrogen-bond acceptors (Lipinski definition) is 7. The molecule has 0 saturated heterocycles. The van der Waals surface area contributed by atoms with Gasteiger partial charge in [0.15, 0.2) is 5.60 Å². The summed E-state index contributed by atoms with van der Waals surface area (Å²) in [5, 5.41) is 64.3. The first-order chi connectivity index (χ1) is 10.2. The van der Waals surface area contributed by atoms with E-state index in [1.807, 2.05) is 0 Å². The minimum Gasteiger partial charge on any atom is -0.481 e. The molecule has 0 saturated carbocycles. The van der Waals surface area contributed by atoms with E-state index in [0.29, 0.717) is 0 Å². The second kappa shape index (κ2) is 6.58. The van der Waals surface area contributed by atoms with Crippen LogP contribution in [0.5, 0.6) is 0 Å². The van der Waals surface area contributed by atoms with Gasteiger partial charge < -0.3 is 35.7 Å². The molecular weight excluding hydrogens is 324 g/mol. The molecular formula is C11H14O12. The first-order valence-corrected chi connectivity index (χ1v) is 5.80. The summed E-state index contributed by atoms with van der Waals surface area (Å²) >= 11 is 0. The van der Waals surface area contributed by atoms with Crippen molar-refractivity contribution in [3.05, 3.63) is 0 Å². The number of rotatable bonds is 9. The van der Waals surface area contributed by atoms with E-state index in [9.17, 15) is 34.2 Å². The average Bonchev–Trinajstić information content (AvgIpc) is 2.35. The van der Waals surface area contributed by atoms with Crippen molar-refractivity contribution in [2.75, 3.05) is 0 Å². The zero-order chi connectivity index (χ0) is 18.7. The Morgan fingerprint density at radius 3 is 1.48 bits per heavy atom. The van der Waals surface area contributed by atoms with Crippen LogP contribution in [0.15, 0.2) is 0 Å². The van der Waals surface area contributed by atoms with Crippen molar-refractivity contribution < 1.29 is 59.7 Å². The Kier molecular flexibility index (Phi) is 5.80. The molecule has 0 radical (unpaired) electrons. The highest BCUT2D eigenvalue weighted by Gasteiger charge is 2.67. The molecule has 0 aliphatic rings. The molecule has 0 fully saturated rings. The summed E-state index contributed by atoms with van der Waals surface area (Å²) in [7, 11) is 0. The number of aliphatic hydroxyl groups is 2. The Hall–Kier alpha value is -2.73. The smallest absolute Gasteiger partial charge is 0.340 e. The second-order valence-electron chi connectivity index (χ2n) is 4.81. The van der Waals surface area contributed by atoms with Crippen LogP contribution in [0.3, 0.4) is 0 Å². The van der Waals surface area contributed by atoms with Crippen molar-refractivity contribution in [1.29, 1.82) is 0 Å². The van der Waals surface area contributed by atoms with Crippen LogP contribution >= 0.6 is 0 Å². The molecule has 0 aliphatic heterocycles. The van der Waals surface area contributed by atoms with Gasteiger partial charge in [-0.25, -0.2) is 9.59 Å². The molecule has 0 amide bonds. The molecule has 4 atom stereocenters. The zero-order valence-corrected chi connectivity index (χ0v) is 11.5. The molecule has 0 spiro atoms. The summed E-state index contributed by atoms with van der Waals surface area (Å²) in [5.74, 6) is -16.7. The van der Waals surface area contributed by atoms with Crippen LogP contribution in [0.4, 0.5) is 0 Å². The number of hydrogen-bond donors (Lipinski definition) is 7. The van der Waals surface area contributed by atoms with Crippen LogP contribution in [0.25, 0.3) is 0 Å². The highest BCUT2D eigenvalue weighted by molar-refractivity contribution is 5.96. The fourth-order valence-corrected chi connectivity index (χ4v) is 1.98. The molecule has 12 nitrogen and oxygen atoms in total. The summed E-state index contributed by atoms with van der Waals surface area (Å²) in [5.41, 5.74) is -7.66. The zero-order valence-electron chi connectivity index (χ0n) is 11.5. The van der Waals surface area contributed by atoms with Crippen LogP contribution in [-0.2, 0) is 24.0 Å². The molecule has 23 heavy (non-hydrogen) atoms. The Bertz CT molecular complexity index is 549. The summed E-state index contributed by atoms with van der Waals surface area (Å²) in [6, 6.07) is 0. The molecule has 130 valence electrons. The van der Waals surface area contributed by atoms with Gasteiger partial charge >= 0.3 is 29.8 Å². The van der Waals surface area contributed by atoms with E-state index in [2.05, 4.69) is 0 Å². The molecule has 0 aromatic rings. The van der Waals surface area contributed by atoms with E-state index in [1.54, 1.807) is 0 Å². The Morgan fingerprint density at radius 2 is 1.26 bits per heavy atom. The van der Waals surface area contributed by atoms with Crippen molar-refractivity contribution in [2.24, 2.45) is 11.8 Å². The van der Waals surface area contributed by atoms with E-state index in [-0.39, 0.29) is 6.92 Å². The van der Waals surface area contributed by atoms with Crippen LogP contribution in [-0.4, -0.2) is 76.8 Å². The maximum Gasteiger partial charge on any atom is 0.340 e. The average molecular weight is 338 g/mol. The van der Waals surface area contributed by atoms with Crippen molar-refractivity contribution in [1.82, 2.24) is 0 Å². The molecule has 0 heterocycles. The van der Waals surface area contributed by atoms with Gasteiger partial charge in [0.05, 0.1) is 12.3 Å². The predicted molar refractivity (Wildman–Crippen MR) is 65.3 cm³/mol. The van der Waals surface area contributed by atoms with Gasteiger partial charge in [-0.1, -0.05) is 0 Å². The van der Waals surface area contributed by atoms with Crippen LogP contribution in [0, 0.1) is 11.8 Å². The molecule has 0 aromatic heterocycles. The predicted octanol–water partition coefficient (Wildman–Crippen LogP) is -2.49. The van der Waals surface area contributed by atoms with E-state index < -0.39 is 59.3 Å². The topological polar surface area (TPSA) is 227 Å². The fourth-order valence-electron chi connectivity index (χ4n) is 1.98. The molecule has 0 bridgehead atoms. The molecule has 0 aliphatic carbocycles. The third-order valence-corrected chi connectivity index (χ3v) is 3.31. The third-order valence-electron chi connectivity index (χ3n) is 3.31. The van der Waals surface area contributed by atoms with Gasteiger partial charge in [-0.3, -0.25) is 14.4 Å².